The molecule has 0 saturated carbocycles. The molecule has 0 radical (unpaired) electrons. The first-order chi connectivity index (χ1) is 8.22. The van der Waals surface area contributed by atoms with Gasteiger partial charge in [-0.05, 0) is 31.4 Å². The molecule has 1 fully saturated rings. The van der Waals surface area contributed by atoms with Gasteiger partial charge in [0.25, 0.3) is 0 Å². The Balaban J connectivity index is 2.17. The van der Waals surface area contributed by atoms with Crippen molar-refractivity contribution in [3.63, 3.8) is 0 Å². The van der Waals surface area contributed by atoms with Crippen molar-refractivity contribution in [2.45, 2.75) is 25.3 Å². The summed E-state index contributed by atoms with van der Waals surface area (Å²) in [6.07, 6.45) is 3.65. The number of benzene rings is 1. The Hall–Kier alpha value is -1.13. The summed E-state index contributed by atoms with van der Waals surface area (Å²) in [5.74, 6) is -0.244. The lowest BCUT2D eigenvalue weighted by Crippen LogP contribution is -2.29. The fourth-order valence-electron chi connectivity index (χ4n) is 2.29. The third kappa shape index (κ3) is 2.76. The van der Waals surface area contributed by atoms with E-state index in [2.05, 4.69) is 4.90 Å². The van der Waals surface area contributed by atoms with E-state index in [0.29, 0.717) is 5.56 Å². The molecule has 0 bridgehead atoms. The Morgan fingerprint density at radius 3 is 2.53 bits per heavy atom. The van der Waals surface area contributed by atoms with Gasteiger partial charge in [-0.15, -0.1) is 0 Å². The molecular formula is C13H20FN3. The van der Waals surface area contributed by atoms with Crippen molar-refractivity contribution >= 4 is 5.69 Å². The highest BCUT2D eigenvalue weighted by Crippen LogP contribution is 2.24. The summed E-state index contributed by atoms with van der Waals surface area (Å²) in [5, 5.41) is 0. The standard InChI is InChI=1S/C13H20FN3/c14-12-8-10(17-6-2-1-3-7-17)4-5-11(12)13(16)9-15/h4-5,8,13H,1-3,6-7,9,15-16H2/t13-/m0/s1. The Labute approximate surface area is 102 Å². The number of nitrogens with two attached hydrogens (primary N) is 2. The van der Waals surface area contributed by atoms with Crippen molar-refractivity contribution in [3.8, 4) is 0 Å². The number of anilines is 1. The number of hydrogen-bond acceptors (Lipinski definition) is 3. The highest BCUT2D eigenvalue weighted by atomic mass is 19.1. The Kier molecular flexibility index (Phi) is 3.97. The maximum absolute atomic E-state index is 13.9. The number of piperidine rings is 1. The SMILES string of the molecule is NC[C@H](N)c1ccc(N2CCCCC2)cc1F. The molecule has 0 amide bonds. The minimum absolute atomic E-state index is 0.244. The van der Waals surface area contributed by atoms with Crippen molar-refractivity contribution in [1.82, 2.24) is 0 Å². The van der Waals surface area contributed by atoms with Crippen LogP contribution in [0.1, 0.15) is 30.9 Å². The van der Waals surface area contributed by atoms with Gasteiger partial charge < -0.3 is 16.4 Å². The molecule has 1 aliphatic heterocycles. The molecule has 1 saturated heterocycles. The van der Waals surface area contributed by atoms with E-state index in [1.54, 1.807) is 12.1 Å². The van der Waals surface area contributed by atoms with E-state index in [4.69, 9.17) is 11.5 Å². The van der Waals surface area contributed by atoms with Crippen LogP contribution in [0.4, 0.5) is 10.1 Å². The number of halogens is 1. The average molecular weight is 237 g/mol. The van der Waals surface area contributed by atoms with Crippen LogP contribution in [0.15, 0.2) is 18.2 Å². The Morgan fingerprint density at radius 1 is 1.24 bits per heavy atom. The van der Waals surface area contributed by atoms with Crippen molar-refractivity contribution in [3.05, 3.63) is 29.6 Å². The van der Waals surface area contributed by atoms with Crippen LogP contribution >= 0.6 is 0 Å². The molecule has 3 nitrogen and oxygen atoms in total. The molecule has 4 N–H and O–H groups in total. The molecule has 1 heterocycles. The summed E-state index contributed by atoms with van der Waals surface area (Å²) < 4.78 is 13.9. The molecule has 0 aromatic heterocycles. The molecule has 1 aromatic rings. The van der Waals surface area contributed by atoms with E-state index >= 15 is 0 Å². The second-order valence-electron chi connectivity index (χ2n) is 4.60. The molecule has 1 aromatic carbocycles. The van der Waals surface area contributed by atoms with Crippen molar-refractivity contribution in [2.24, 2.45) is 11.5 Å². The van der Waals surface area contributed by atoms with Crippen LogP contribution in [0.5, 0.6) is 0 Å². The van der Waals surface area contributed by atoms with E-state index in [1.165, 1.54) is 19.3 Å². The van der Waals surface area contributed by atoms with Crippen molar-refractivity contribution in [2.75, 3.05) is 24.5 Å². The van der Waals surface area contributed by atoms with Crippen molar-refractivity contribution in [1.29, 1.82) is 0 Å². The fourth-order valence-corrected chi connectivity index (χ4v) is 2.29. The minimum atomic E-state index is -0.412. The van der Waals surface area contributed by atoms with Gasteiger partial charge in [0.05, 0.1) is 0 Å². The maximum Gasteiger partial charge on any atom is 0.130 e. The van der Waals surface area contributed by atoms with Crippen LogP contribution in [0.2, 0.25) is 0 Å². The Bertz CT molecular complexity index is 375. The third-order valence-corrected chi connectivity index (χ3v) is 3.36. The largest absolute Gasteiger partial charge is 0.371 e. The molecule has 17 heavy (non-hydrogen) atoms. The molecule has 1 aliphatic rings. The fraction of sp³-hybridized carbons (Fsp3) is 0.538. The van der Waals surface area contributed by atoms with Crippen LogP contribution in [0, 0.1) is 5.82 Å². The molecule has 4 heteroatoms. The summed E-state index contributed by atoms with van der Waals surface area (Å²) in [6, 6.07) is 4.87. The summed E-state index contributed by atoms with van der Waals surface area (Å²) in [6.45, 7) is 2.30. The van der Waals surface area contributed by atoms with Gasteiger partial charge in [-0.3, -0.25) is 0 Å². The van der Waals surface area contributed by atoms with E-state index < -0.39 is 6.04 Å². The zero-order chi connectivity index (χ0) is 12.3. The van der Waals surface area contributed by atoms with Crippen molar-refractivity contribution < 1.29 is 4.39 Å². The molecular weight excluding hydrogens is 217 g/mol. The summed E-state index contributed by atoms with van der Waals surface area (Å²) in [7, 11) is 0. The van der Waals surface area contributed by atoms with E-state index in [0.717, 1.165) is 18.8 Å². The normalized spacial score (nSPS) is 18.2. The first-order valence-corrected chi connectivity index (χ1v) is 6.22. The van der Waals surface area contributed by atoms with E-state index in [-0.39, 0.29) is 12.4 Å². The molecule has 94 valence electrons. The van der Waals surface area contributed by atoms with Crippen LogP contribution in [0.3, 0.4) is 0 Å². The molecule has 0 aliphatic carbocycles. The highest BCUT2D eigenvalue weighted by Gasteiger charge is 2.15. The van der Waals surface area contributed by atoms with Crippen LogP contribution in [-0.2, 0) is 0 Å². The smallest absolute Gasteiger partial charge is 0.130 e. The summed E-state index contributed by atoms with van der Waals surface area (Å²) >= 11 is 0. The first kappa shape index (κ1) is 12.3. The predicted octanol–water partition coefficient (Wildman–Crippen LogP) is 1.77. The number of nitrogens with zero attached hydrogens (tertiary/aromatic N) is 1. The third-order valence-electron chi connectivity index (χ3n) is 3.36. The summed E-state index contributed by atoms with van der Waals surface area (Å²) in [5.41, 5.74) is 12.7. The second-order valence-corrected chi connectivity index (χ2v) is 4.60. The van der Waals surface area contributed by atoms with E-state index in [9.17, 15) is 4.39 Å². The quantitative estimate of drug-likeness (QED) is 0.842. The van der Waals surface area contributed by atoms with Gasteiger partial charge in [0.1, 0.15) is 5.82 Å². The maximum atomic E-state index is 13.9. The van der Waals surface area contributed by atoms with Gasteiger partial charge in [0.15, 0.2) is 0 Å². The zero-order valence-electron chi connectivity index (χ0n) is 10.0. The van der Waals surface area contributed by atoms with Gasteiger partial charge in [0.2, 0.25) is 0 Å². The highest BCUT2D eigenvalue weighted by molar-refractivity contribution is 5.49. The van der Waals surface area contributed by atoms with Crippen LogP contribution in [-0.4, -0.2) is 19.6 Å². The minimum Gasteiger partial charge on any atom is -0.371 e. The van der Waals surface area contributed by atoms with Crippen LogP contribution in [0.25, 0.3) is 0 Å². The van der Waals surface area contributed by atoms with E-state index in [1.807, 2.05) is 6.07 Å². The zero-order valence-corrected chi connectivity index (χ0v) is 10.0. The van der Waals surface area contributed by atoms with Gasteiger partial charge in [-0.1, -0.05) is 6.07 Å². The Morgan fingerprint density at radius 2 is 1.94 bits per heavy atom. The monoisotopic (exact) mass is 237 g/mol. The molecule has 1 atom stereocenters. The van der Waals surface area contributed by atoms with Crippen LogP contribution < -0.4 is 16.4 Å². The molecule has 0 spiro atoms. The molecule has 2 rings (SSSR count). The van der Waals surface area contributed by atoms with Gasteiger partial charge in [0, 0.05) is 36.9 Å². The second kappa shape index (κ2) is 5.47. The van der Waals surface area contributed by atoms with Gasteiger partial charge >= 0.3 is 0 Å². The lowest BCUT2D eigenvalue weighted by molar-refractivity contribution is 0.566. The first-order valence-electron chi connectivity index (χ1n) is 6.22. The average Bonchev–Trinajstić information content (AvgIpc) is 2.39. The predicted molar refractivity (Wildman–Crippen MR) is 68.4 cm³/mol. The number of rotatable bonds is 3. The topological polar surface area (TPSA) is 55.3 Å². The summed E-state index contributed by atoms with van der Waals surface area (Å²) in [4.78, 5) is 2.23. The lowest BCUT2D eigenvalue weighted by atomic mass is 10.0. The number of hydrogen-bond donors (Lipinski definition) is 2. The molecule has 0 unspecified atom stereocenters. The van der Waals surface area contributed by atoms with Gasteiger partial charge in [-0.2, -0.15) is 0 Å². The van der Waals surface area contributed by atoms with Gasteiger partial charge in [-0.25, -0.2) is 4.39 Å². The lowest BCUT2D eigenvalue weighted by Gasteiger charge is -2.29.